The van der Waals surface area contributed by atoms with Crippen molar-refractivity contribution in [1.82, 2.24) is 5.32 Å². The van der Waals surface area contributed by atoms with Gasteiger partial charge in [0, 0.05) is 24.6 Å². The molecule has 124 valence electrons. The van der Waals surface area contributed by atoms with Gasteiger partial charge < -0.3 is 20.1 Å². The van der Waals surface area contributed by atoms with Crippen LogP contribution in [0.25, 0.3) is 0 Å². The standard InChI is InChI=1S/C17H28N2O3/c1-11(2)13(4)18-12(3)9-17(20)19-15-8-7-14(21-5)10-16(15)22-6/h7-8,10-13,18H,9H2,1-6H3,(H,19,20). The Balaban J connectivity index is 2.61. The molecule has 0 saturated carbocycles. The van der Waals surface area contributed by atoms with Gasteiger partial charge in [-0.15, -0.1) is 0 Å². The molecule has 2 atom stereocenters. The zero-order valence-corrected chi connectivity index (χ0v) is 14.4. The number of carbonyl (C=O) groups is 1. The van der Waals surface area contributed by atoms with E-state index in [1.807, 2.05) is 6.92 Å². The summed E-state index contributed by atoms with van der Waals surface area (Å²) >= 11 is 0. The highest BCUT2D eigenvalue weighted by Crippen LogP contribution is 2.29. The molecule has 0 fully saturated rings. The predicted octanol–water partition coefficient (Wildman–Crippen LogP) is 3.06. The Bertz CT molecular complexity index is 489. The summed E-state index contributed by atoms with van der Waals surface area (Å²) in [7, 11) is 3.16. The van der Waals surface area contributed by atoms with Gasteiger partial charge in [0.15, 0.2) is 0 Å². The quantitative estimate of drug-likeness (QED) is 0.775. The molecule has 2 unspecified atom stereocenters. The van der Waals surface area contributed by atoms with Crippen molar-refractivity contribution in [3.63, 3.8) is 0 Å². The number of anilines is 1. The fourth-order valence-corrected chi connectivity index (χ4v) is 2.08. The molecule has 1 rings (SSSR count). The fraction of sp³-hybridized carbons (Fsp3) is 0.588. The summed E-state index contributed by atoms with van der Waals surface area (Å²) in [4.78, 5) is 12.2. The summed E-state index contributed by atoms with van der Waals surface area (Å²) in [6, 6.07) is 5.81. The molecule has 0 spiro atoms. The summed E-state index contributed by atoms with van der Waals surface area (Å²) in [5, 5.41) is 6.32. The van der Waals surface area contributed by atoms with Gasteiger partial charge in [0.05, 0.1) is 19.9 Å². The minimum atomic E-state index is -0.0422. The smallest absolute Gasteiger partial charge is 0.226 e. The first-order valence-corrected chi connectivity index (χ1v) is 7.65. The molecule has 5 nitrogen and oxygen atoms in total. The van der Waals surface area contributed by atoms with Crippen molar-refractivity contribution < 1.29 is 14.3 Å². The third-order valence-corrected chi connectivity index (χ3v) is 3.72. The van der Waals surface area contributed by atoms with Crippen LogP contribution in [-0.2, 0) is 4.79 Å². The Labute approximate surface area is 133 Å². The second-order valence-electron chi connectivity index (χ2n) is 5.92. The molecule has 0 heterocycles. The molecule has 1 aromatic rings. The highest BCUT2D eigenvalue weighted by molar-refractivity contribution is 5.92. The van der Waals surface area contributed by atoms with Crippen LogP contribution in [-0.4, -0.2) is 32.2 Å². The molecule has 1 aromatic carbocycles. The fourth-order valence-electron chi connectivity index (χ4n) is 2.08. The van der Waals surface area contributed by atoms with Crippen LogP contribution in [0.15, 0.2) is 18.2 Å². The number of ether oxygens (including phenoxy) is 2. The molecule has 0 radical (unpaired) electrons. The molecule has 0 aliphatic carbocycles. The van der Waals surface area contributed by atoms with Gasteiger partial charge in [0.2, 0.25) is 5.91 Å². The molecule has 5 heteroatoms. The Hall–Kier alpha value is -1.75. The van der Waals surface area contributed by atoms with Gasteiger partial charge in [0.1, 0.15) is 11.5 Å². The third-order valence-electron chi connectivity index (χ3n) is 3.72. The van der Waals surface area contributed by atoms with Crippen molar-refractivity contribution in [3.8, 4) is 11.5 Å². The lowest BCUT2D eigenvalue weighted by molar-refractivity contribution is -0.116. The number of hydrogen-bond donors (Lipinski definition) is 2. The zero-order chi connectivity index (χ0) is 16.7. The number of carbonyl (C=O) groups excluding carboxylic acids is 1. The van der Waals surface area contributed by atoms with Crippen LogP contribution in [0.5, 0.6) is 11.5 Å². The monoisotopic (exact) mass is 308 g/mol. The highest BCUT2D eigenvalue weighted by Gasteiger charge is 2.15. The van der Waals surface area contributed by atoms with Crippen LogP contribution in [0.1, 0.15) is 34.1 Å². The molecule has 1 amide bonds. The van der Waals surface area contributed by atoms with Crippen molar-refractivity contribution in [3.05, 3.63) is 18.2 Å². The maximum absolute atomic E-state index is 12.2. The number of benzene rings is 1. The molecule has 0 bridgehead atoms. The zero-order valence-electron chi connectivity index (χ0n) is 14.4. The lowest BCUT2D eigenvalue weighted by Crippen LogP contribution is -2.39. The maximum atomic E-state index is 12.2. The van der Waals surface area contributed by atoms with E-state index in [1.54, 1.807) is 32.4 Å². The van der Waals surface area contributed by atoms with Crippen LogP contribution in [0.2, 0.25) is 0 Å². The van der Waals surface area contributed by atoms with Crippen LogP contribution in [0.4, 0.5) is 5.69 Å². The van der Waals surface area contributed by atoms with E-state index in [0.717, 1.165) is 0 Å². The molecular formula is C17H28N2O3. The Morgan fingerprint density at radius 1 is 1.14 bits per heavy atom. The molecule has 2 N–H and O–H groups in total. The van der Waals surface area contributed by atoms with E-state index in [9.17, 15) is 4.79 Å². The first-order chi connectivity index (χ1) is 10.4. The molecular weight excluding hydrogens is 280 g/mol. The Morgan fingerprint density at radius 3 is 2.36 bits per heavy atom. The van der Waals surface area contributed by atoms with Gasteiger partial charge in [-0.05, 0) is 31.9 Å². The van der Waals surface area contributed by atoms with E-state index in [4.69, 9.17) is 9.47 Å². The van der Waals surface area contributed by atoms with Crippen molar-refractivity contribution in [2.45, 2.75) is 46.2 Å². The summed E-state index contributed by atoms with van der Waals surface area (Å²) in [5.74, 6) is 1.77. The number of rotatable bonds is 8. The SMILES string of the molecule is COc1ccc(NC(=O)CC(C)NC(C)C(C)C)c(OC)c1. The third kappa shape index (κ3) is 5.56. The highest BCUT2D eigenvalue weighted by atomic mass is 16.5. The molecule has 0 aromatic heterocycles. The minimum absolute atomic E-state index is 0.0422. The molecule has 0 aliphatic rings. The normalized spacial score (nSPS) is 13.6. The van der Waals surface area contributed by atoms with Crippen molar-refractivity contribution >= 4 is 11.6 Å². The van der Waals surface area contributed by atoms with Gasteiger partial charge in [-0.2, -0.15) is 0 Å². The van der Waals surface area contributed by atoms with Crippen molar-refractivity contribution in [1.29, 1.82) is 0 Å². The van der Waals surface area contributed by atoms with Crippen molar-refractivity contribution in [2.24, 2.45) is 5.92 Å². The van der Waals surface area contributed by atoms with Gasteiger partial charge in [-0.1, -0.05) is 13.8 Å². The summed E-state index contributed by atoms with van der Waals surface area (Å²) in [6.07, 6.45) is 0.409. The molecule has 0 aliphatic heterocycles. The van der Waals surface area contributed by atoms with E-state index < -0.39 is 0 Å². The van der Waals surface area contributed by atoms with Gasteiger partial charge in [-0.25, -0.2) is 0 Å². The number of methoxy groups -OCH3 is 2. The van der Waals surface area contributed by atoms with E-state index in [1.165, 1.54) is 0 Å². The Morgan fingerprint density at radius 2 is 1.82 bits per heavy atom. The molecule has 0 saturated heterocycles. The average molecular weight is 308 g/mol. The van der Waals surface area contributed by atoms with Crippen LogP contribution >= 0.6 is 0 Å². The second-order valence-corrected chi connectivity index (χ2v) is 5.92. The van der Waals surface area contributed by atoms with Crippen molar-refractivity contribution in [2.75, 3.05) is 19.5 Å². The largest absolute Gasteiger partial charge is 0.497 e. The van der Waals surface area contributed by atoms with Gasteiger partial charge in [-0.3, -0.25) is 4.79 Å². The van der Waals surface area contributed by atoms with Crippen LogP contribution in [0, 0.1) is 5.92 Å². The Kier molecular flexibility index (Phi) is 7.18. The van der Waals surface area contributed by atoms with Crippen LogP contribution in [0.3, 0.4) is 0 Å². The van der Waals surface area contributed by atoms with Gasteiger partial charge in [0.25, 0.3) is 0 Å². The second kappa shape index (κ2) is 8.63. The molecule has 22 heavy (non-hydrogen) atoms. The van der Waals surface area contributed by atoms with Gasteiger partial charge >= 0.3 is 0 Å². The number of amides is 1. The summed E-state index contributed by atoms with van der Waals surface area (Å²) in [6.45, 7) is 8.47. The topological polar surface area (TPSA) is 59.6 Å². The van der Waals surface area contributed by atoms with Crippen LogP contribution < -0.4 is 20.1 Å². The predicted molar refractivity (Wildman–Crippen MR) is 89.7 cm³/mol. The average Bonchev–Trinajstić information content (AvgIpc) is 2.47. The first kappa shape index (κ1) is 18.3. The minimum Gasteiger partial charge on any atom is -0.497 e. The van der Waals surface area contributed by atoms with E-state index in [-0.39, 0.29) is 11.9 Å². The van der Waals surface area contributed by atoms with E-state index >= 15 is 0 Å². The van der Waals surface area contributed by atoms with E-state index in [0.29, 0.717) is 35.6 Å². The number of nitrogens with one attached hydrogen (secondary N) is 2. The van der Waals surface area contributed by atoms with E-state index in [2.05, 4.69) is 31.4 Å². The first-order valence-electron chi connectivity index (χ1n) is 7.65. The lowest BCUT2D eigenvalue weighted by Gasteiger charge is -2.22. The number of hydrogen-bond acceptors (Lipinski definition) is 4. The maximum Gasteiger partial charge on any atom is 0.226 e. The summed E-state index contributed by atoms with van der Waals surface area (Å²) in [5.41, 5.74) is 0.650. The summed E-state index contributed by atoms with van der Waals surface area (Å²) < 4.78 is 10.4. The lowest BCUT2D eigenvalue weighted by atomic mass is 10.0.